The van der Waals surface area contributed by atoms with Gasteiger partial charge in [0.1, 0.15) is 0 Å². The molecule has 16 heavy (non-hydrogen) atoms. The Balaban J connectivity index is 2.19. The van der Waals surface area contributed by atoms with E-state index in [1.54, 1.807) is 0 Å². The van der Waals surface area contributed by atoms with Crippen molar-refractivity contribution in [3.05, 3.63) is 21.9 Å². The topological polar surface area (TPSA) is 21.3 Å². The highest BCUT2D eigenvalue weighted by atomic mass is 32.1. The van der Waals surface area contributed by atoms with E-state index in [0.29, 0.717) is 18.1 Å². The monoisotopic (exact) mass is 239 g/mol. The summed E-state index contributed by atoms with van der Waals surface area (Å²) in [6, 6.07) is 2.71. The standard InChI is InChI=1S/C13H21NOS/c1-4-12-11(5-7-15-12)13(14-3)10-6-8-16-9(10)2/h6,8,11-14H,4-5,7H2,1-3H3. The largest absolute Gasteiger partial charge is 0.378 e. The van der Waals surface area contributed by atoms with Crippen LogP contribution in [0.4, 0.5) is 0 Å². The fourth-order valence-corrected chi connectivity index (χ4v) is 3.53. The maximum atomic E-state index is 5.80. The fourth-order valence-electron chi connectivity index (χ4n) is 2.78. The molecule has 1 N–H and O–H groups in total. The molecular weight excluding hydrogens is 218 g/mol. The van der Waals surface area contributed by atoms with Gasteiger partial charge in [-0.3, -0.25) is 0 Å². The lowest BCUT2D eigenvalue weighted by Gasteiger charge is -2.27. The van der Waals surface area contributed by atoms with Gasteiger partial charge in [0.15, 0.2) is 0 Å². The number of rotatable bonds is 4. The van der Waals surface area contributed by atoms with Crippen LogP contribution in [0.3, 0.4) is 0 Å². The van der Waals surface area contributed by atoms with E-state index in [4.69, 9.17) is 4.74 Å². The Labute approximate surface area is 102 Å². The van der Waals surface area contributed by atoms with Crippen molar-refractivity contribution in [2.45, 2.75) is 38.8 Å². The second-order valence-electron chi connectivity index (χ2n) is 4.47. The van der Waals surface area contributed by atoms with Gasteiger partial charge in [-0.1, -0.05) is 6.92 Å². The number of thiophene rings is 1. The third-order valence-electron chi connectivity index (χ3n) is 3.64. The molecule has 2 rings (SSSR count). The van der Waals surface area contributed by atoms with Crippen molar-refractivity contribution in [2.24, 2.45) is 5.92 Å². The van der Waals surface area contributed by atoms with Crippen LogP contribution in [0.5, 0.6) is 0 Å². The molecule has 0 saturated carbocycles. The summed E-state index contributed by atoms with van der Waals surface area (Å²) in [5, 5.41) is 5.66. The highest BCUT2D eigenvalue weighted by molar-refractivity contribution is 7.10. The van der Waals surface area contributed by atoms with Gasteiger partial charge in [0.05, 0.1) is 6.10 Å². The predicted molar refractivity (Wildman–Crippen MR) is 69.0 cm³/mol. The molecule has 90 valence electrons. The summed E-state index contributed by atoms with van der Waals surface area (Å²) in [4.78, 5) is 1.43. The third kappa shape index (κ3) is 2.17. The number of ether oxygens (including phenoxy) is 1. The van der Waals surface area contributed by atoms with E-state index in [-0.39, 0.29) is 0 Å². The zero-order chi connectivity index (χ0) is 11.5. The number of aryl methyl sites for hydroxylation is 1. The Bertz CT molecular complexity index is 336. The second kappa shape index (κ2) is 5.30. The van der Waals surface area contributed by atoms with E-state index in [0.717, 1.165) is 13.0 Å². The summed E-state index contributed by atoms with van der Waals surface area (Å²) >= 11 is 1.83. The third-order valence-corrected chi connectivity index (χ3v) is 4.50. The minimum Gasteiger partial charge on any atom is -0.378 e. The Morgan fingerprint density at radius 2 is 2.44 bits per heavy atom. The van der Waals surface area contributed by atoms with Crippen molar-refractivity contribution in [3.63, 3.8) is 0 Å². The summed E-state index contributed by atoms with van der Waals surface area (Å²) in [6.45, 7) is 5.35. The van der Waals surface area contributed by atoms with Crippen LogP contribution < -0.4 is 5.32 Å². The van der Waals surface area contributed by atoms with E-state index in [2.05, 4.69) is 37.7 Å². The van der Waals surface area contributed by atoms with Crippen molar-refractivity contribution in [1.82, 2.24) is 5.32 Å². The Hall–Kier alpha value is -0.380. The maximum Gasteiger partial charge on any atom is 0.0619 e. The average Bonchev–Trinajstić information content (AvgIpc) is 2.90. The average molecular weight is 239 g/mol. The van der Waals surface area contributed by atoms with Gasteiger partial charge >= 0.3 is 0 Å². The molecule has 0 radical (unpaired) electrons. The Morgan fingerprint density at radius 3 is 3.00 bits per heavy atom. The zero-order valence-electron chi connectivity index (χ0n) is 10.3. The number of hydrogen-bond acceptors (Lipinski definition) is 3. The molecule has 0 aromatic carbocycles. The second-order valence-corrected chi connectivity index (χ2v) is 5.59. The molecule has 1 aromatic rings. The molecule has 2 heterocycles. The first-order valence-corrected chi connectivity index (χ1v) is 6.98. The van der Waals surface area contributed by atoms with Gasteiger partial charge in [0.25, 0.3) is 0 Å². The van der Waals surface area contributed by atoms with E-state index in [1.807, 2.05) is 11.3 Å². The molecule has 0 spiro atoms. The van der Waals surface area contributed by atoms with Gasteiger partial charge in [0, 0.05) is 23.4 Å². The first-order chi connectivity index (χ1) is 7.77. The predicted octanol–water partition coefficient (Wildman–Crippen LogP) is 3.13. The maximum absolute atomic E-state index is 5.80. The van der Waals surface area contributed by atoms with Crippen LogP contribution in [0.2, 0.25) is 0 Å². The molecule has 1 aliphatic heterocycles. The molecule has 3 unspecified atom stereocenters. The molecule has 2 nitrogen and oxygen atoms in total. The summed E-state index contributed by atoms with van der Waals surface area (Å²) < 4.78 is 5.80. The van der Waals surface area contributed by atoms with Gasteiger partial charge in [-0.2, -0.15) is 0 Å². The smallest absolute Gasteiger partial charge is 0.0619 e. The quantitative estimate of drug-likeness (QED) is 0.871. The summed E-state index contributed by atoms with van der Waals surface area (Å²) in [7, 11) is 2.06. The number of hydrogen-bond donors (Lipinski definition) is 1. The molecule has 1 fully saturated rings. The lowest BCUT2D eigenvalue weighted by atomic mass is 9.87. The van der Waals surface area contributed by atoms with Gasteiger partial charge in [-0.15, -0.1) is 11.3 Å². The normalized spacial score (nSPS) is 27.2. The first kappa shape index (κ1) is 12.1. The van der Waals surface area contributed by atoms with Gasteiger partial charge in [-0.05, 0) is 43.8 Å². The molecule has 3 atom stereocenters. The van der Waals surface area contributed by atoms with Crippen molar-refractivity contribution in [1.29, 1.82) is 0 Å². The minimum atomic E-state index is 0.428. The molecule has 0 amide bonds. The van der Waals surface area contributed by atoms with Crippen molar-refractivity contribution in [2.75, 3.05) is 13.7 Å². The summed E-state index contributed by atoms with van der Waals surface area (Å²) in [5.74, 6) is 0.628. The van der Waals surface area contributed by atoms with Crippen molar-refractivity contribution >= 4 is 11.3 Å². The molecule has 3 heteroatoms. The molecule has 1 saturated heterocycles. The van der Waals surface area contributed by atoms with Crippen LogP contribution >= 0.6 is 11.3 Å². The lowest BCUT2D eigenvalue weighted by Crippen LogP contribution is -2.30. The Morgan fingerprint density at radius 1 is 1.62 bits per heavy atom. The fraction of sp³-hybridized carbons (Fsp3) is 0.692. The summed E-state index contributed by atoms with van der Waals surface area (Å²) in [5.41, 5.74) is 1.46. The first-order valence-electron chi connectivity index (χ1n) is 6.10. The van der Waals surface area contributed by atoms with Gasteiger partial charge in [-0.25, -0.2) is 0 Å². The summed E-state index contributed by atoms with van der Waals surface area (Å²) in [6.07, 6.45) is 2.72. The van der Waals surface area contributed by atoms with E-state index >= 15 is 0 Å². The highest BCUT2D eigenvalue weighted by Gasteiger charge is 2.34. The molecule has 1 aliphatic rings. The van der Waals surface area contributed by atoms with Crippen LogP contribution in [-0.4, -0.2) is 19.8 Å². The van der Waals surface area contributed by atoms with Crippen LogP contribution in [0, 0.1) is 12.8 Å². The van der Waals surface area contributed by atoms with Gasteiger partial charge in [0.2, 0.25) is 0 Å². The minimum absolute atomic E-state index is 0.428. The van der Waals surface area contributed by atoms with Crippen molar-refractivity contribution < 1.29 is 4.74 Å². The van der Waals surface area contributed by atoms with Crippen LogP contribution in [0.15, 0.2) is 11.4 Å². The van der Waals surface area contributed by atoms with Crippen LogP contribution in [0.1, 0.15) is 36.2 Å². The van der Waals surface area contributed by atoms with Crippen molar-refractivity contribution in [3.8, 4) is 0 Å². The lowest BCUT2D eigenvalue weighted by molar-refractivity contribution is 0.0782. The number of nitrogens with one attached hydrogen (secondary N) is 1. The van der Waals surface area contributed by atoms with E-state index in [1.165, 1.54) is 16.9 Å². The van der Waals surface area contributed by atoms with Crippen LogP contribution in [-0.2, 0) is 4.74 Å². The molecule has 1 aromatic heterocycles. The molecular formula is C13H21NOS. The zero-order valence-corrected chi connectivity index (χ0v) is 11.1. The van der Waals surface area contributed by atoms with Gasteiger partial charge < -0.3 is 10.1 Å². The highest BCUT2D eigenvalue weighted by Crippen LogP contribution is 2.36. The van der Waals surface area contributed by atoms with E-state index in [9.17, 15) is 0 Å². The Kier molecular flexibility index (Phi) is 4.00. The molecule has 0 aliphatic carbocycles. The van der Waals surface area contributed by atoms with E-state index < -0.39 is 0 Å². The van der Waals surface area contributed by atoms with Crippen LogP contribution in [0.25, 0.3) is 0 Å². The molecule has 0 bridgehead atoms. The SMILES string of the molecule is CCC1OCCC1C(NC)c1ccsc1C.